The Kier molecular flexibility index (Phi) is 5.36. The van der Waals surface area contributed by atoms with E-state index in [-0.39, 0.29) is 18.1 Å². The molecule has 2 fully saturated rings. The van der Waals surface area contributed by atoms with E-state index in [0.29, 0.717) is 18.7 Å². The van der Waals surface area contributed by atoms with Crippen molar-refractivity contribution in [3.63, 3.8) is 0 Å². The van der Waals surface area contributed by atoms with Crippen LogP contribution in [0.1, 0.15) is 47.4 Å². The Hall–Kier alpha value is -2.05. The Morgan fingerprint density at radius 2 is 1.59 bits per heavy atom. The first kappa shape index (κ1) is 18.3. The van der Waals surface area contributed by atoms with Crippen molar-refractivity contribution in [2.24, 2.45) is 0 Å². The van der Waals surface area contributed by atoms with E-state index in [2.05, 4.69) is 9.97 Å². The number of ether oxygens (including phenoxy) is 2. The highest BCUT2D eigenvalue weighted by Crippen LogP contribution is 2.21. The molecule has 3 heterocycles. The number of hydrogen-bond acceptors (Lipinski definition) is 5. The molecule has 6 heteroatoms. The van der Waals surface area contributed by atoms with Crippen LogP contribution in [0.15, 0.2) is 18.2 Å². The fourth-order valence-electron chi connectivity index (χ4n) is 3.85. The van der Waals surface area contributed by atoms with Crippen molar-refractivity contribution in [1.29, 1.82) is 0 Å². The second-order valence-electron chi connectivity index (χ2n) is 7.58. The summed E-state index contributed by atoms with van der Waals surface area (Å²) in [4.78, 5) is 24.3. The second-order valence-corrected chi connectivity index (χ2v) is 7.58. The van der Waals surface area contributed by atoms with E-state index in [1.165, 1.54) is 0 Å². The highest BCUT2D eigenvalue weighted by molar-refractivity contribution is 5.97. The van der Waals surface area contributed by atoms with Crippen LogP contribution in [0.25, 0.3) is 11.0 Å². The van der Waals surface area contributed by atoms with Crippen molar-refractivity contribution in [2.45, 2.75) is 51.7 Å². The van der Waals surface area contributed by atoms with Gasteiger partial charge in [-0.15, -0.1) is 0 Å². The normalized spacial score (nSPS) is 22.4. The third kappa shape index (κ3) is 4.12. The summed E-state index contributed by atoms with van der Waals surface area (Å²) in [5.41, 5.74) is 4.04. The Bertz CT molecular complexity index is 809. The summed E-state index contributed by atoms with van der Waals surface area (Å²) in [6, 6.07) is 5.60. The molecule has 0 radical (unpaired) electrons. The Labute approximate surface area is 159 Å². The molecule has 2 aliphatic rings. The van der Waals surface area contributed by atoms with E-state index in [4.69, 9.17) is 9.47 Å². The van der Waals surface area contributed by atoms with Crippen molar-refractivity contribution in [1.82, 2.24) is 14.9 Å². The molecule has 0 spiro atoms. The zero-order valence-corrected chi connectivity index (χ0v) is 16.1. The van der Waals surface area contributed by atoms with Gasteiger partial charge in [0.25, 0.3) is 5.91 Å². The van der Waals surface area contributed by atoms with Gasteiger partial charge in [-0.2, -0.15) is 0 Å². The van der Waals surface area contributed by atoms with Gasteiger partial charge in [0.05, 0.1) is 34.6 Å². The summed E-state index contributed by atoms with van der Waals surface area (Å²) in [6.07, 6.45) is 4.41. The third-order valence-corrected chi connectivity index (χ3v) is 5.51. The van der Waals surface area contributed by atoms with Crippen LogP contribution in [0, 0.1) is 13.8 Å². The maximum absolute atomic E-state index is 13.3. The SMILES string of the molecule is Cc1nc2ccc(C(=O)N(C[C@H]3CCCO3)C[C@@H]3CCCO3)cc2nc1C. The van der Waals surface area contributed by atoms with Crippen LogP contribution in [0.3, 0.4) is 0 Å². The lowest BCUT2D eigenvalue weighted by molar-refractivity contribution is 0.0307. The minimum absolute atomic E-state index is 0.0166. The van der Waals surface area contributed by atoms with Gasteiger partial charge < -0.3 is 14.4 Å². The van der Waals surface area contributed by atoms with Crippen molar-refractivity contribution >= 4 is 16.9 Å². The zero-order chi connectivity index (χ0) is 18.8. The van der Waals surface area contributed by atoms with Gasteiger partial charge in [0.2, 0.25) is 0 Å². The fourth-order valence-corrected chi connectivity index (χ4v) is 3.85. The van der Waals surface area contributed by atoms with Gasteiger partial charge >= 0.3 is 0 Å². The summed E-state index contributed by atoms with van der Waals surface area (Å²) in [7, 11) is 0. The van der Waals surface area contributed by atoms with Gasteiger partial charge in [-0.05, 0) is 57.7 Å². The lowest BCUT2D eigenvalue weighted by Gasteiger charge is -2.28. The number of rotatable bonds is 5. The standard InChI is InChI=1S/C21H27N3O3/c1-14-15(2)23-20-11-16(7-8-19(20)22-14)21(25)24(12-17-5-3-9-26-17)13-18-6-4-10-27-18/h7-8,11,17-18H,3-6,9-10,12-13H2,1-2H3/t17-,18+. The molecule has 0 aliphatic carbocycles. The molecule has 0 N–H and O–H groups in total. The predicted molar refractivity (Wildman–Crippen MR) is 103 cm³/mol. The van der Waals surface area contributed by atoms with Crippen LogP contribution in [0.4, 0.5) is 0 Å². The minimum Gasteiger partial charge on any atom is -0.376 e. The number of carbonyl (C=O) groups is 1. The molecular formula is C21H27N3O3. The number of fused-ring (bicyclic) bond motifs is 1. The summed E-state index contributed by atoms with van der Waals surface area (Å²) in [5.74, 6) is 0.0166. The Morgan fingerprint density at radius 1 is 1.00 bits per heavy atom. The summed E-state index contributed by atoms with van der Waals surface area (Å²) in [6.45, 7) is 6.71. The fraction of sp³-hybridized carbons (Fsp3) is 0.571. The van der Waals surface area contributed by atoms with Crippen LogP contribution in [0.5, 0.6) is 0 Å². The quantitative estimate of drug-likeness (QED) is 0.810. The first-order valence-electron chi connectivity index (χ1n) is 9.87. The highest BCUT2D eigenvalue weighted by Gasteiger charge is 2.27. The maximum Gasteiger partial charge on any atom is 0.254 e. The van der Waals surface area contributed by atoms with Crippen molar-refractivity contribution in [3.8, 4) is 0 Å². The van der Waals surface area contributed by atoms with Gasteiger partial charge in [0.15, 0.2) is 0 Å². The molecule has 0 saturated carbocycles. The average molecular weight is 369 g/mol. The van der Waals surface area contributed by atoms with Gasteiger partial charge in [-0.3, -0.25) is 4.79 Å². The molecule has 1 aromatic carbocycles. The van der Waals surface area contributed by atoms with Crippen molar-refractivity contribution in [3.05, 3.63) is 35.2 Å². The molecule has 27 heavy (non-hydrogen) atoms. The van der Waals surface area contributed by atoms with E-state index in [1.807, 2.05) is 36.9 Å². The number of aryl methyl sites for hydroxylation is 2. The number of amides is 1. The van der Waals surface area contributed by atoms with Crippen molar-refractivity contribution in [2.75, 3.05) is 26.3 Å². The number of hydrogen-bond donors (Lipinski definition) is 0. The molecule has 2 aliphatic heterocycles. The largest absolute Gasteiger partial charge is 0.376 e. The number of aromatic nitrogens is 2. The molecule has 1 aromatic heterocycles. The molecule has 0 unspecified atom stereocenters. The third-order valence-electron chi connectivity index (χ3n) is 5.51. The van der Waals surface area contributed by atoms with Crippen LogP contribution >= 0.6 is 0 Å². The lowest BCUT2D eigenvalue weighted by atomic mass is 10.1. The Morgan fingerprint density at radius 3 is 2.15 bits per heavy atom. The monoisotopic (exact) mass is 369 g/mol. The van der Waals surface area contributed by atoms with Gasteiger partial charge in [-0.1, -0.05) is 0 Å². The molecule has 1 amide bonds. The van der Waals surface area contributed by atoms with Gasteiger partial charge in [-0.25, -0.2) is 9.97 Å². The average Bonchev–Trinajstić information content (AvgIpc) is 3.35. The number of nitrogens with zero attached hydrogens (tertiary/aromatic N) is 3. The second kappa shape index (κ2) is 7.90. The highest BCUT2D eigenvalue weighted by atomic mass is 16.5. The molecular weight excluding hydrogens is 342 g/mol. The van der Waals surface area contributed by atoms with Gasteiger partial charge in [0, 0.05) is 31.9 Å². The number of benzene rings is 1. The van der Waals surface area contributed by atoms with E-state index in [1.54, 1.807) is 0 Å². The molecule has 2 aromatic rings. The van der Waals surface area contributed by atoms with E-state index in [0.717, 1.165) is 61.3 Å². The first-order valence-corrected chi connectivity index (χ1v) is 9.87. The van der Waals surface area contributed by atoms with Crippen molar-refractivity contribution < 1.29 is 14.3 Å². The first-order chi connectivity index (χ1) is 13.1. The summed E-state index contributed by atoms with van der Waals surface area (Å²) < 4.78 is 11.6. The smallest absolute Gasteiger partial charge is 0.254 e. The Balaban J connectivity index is 1.58. The van der Waals surface area contributed by atoms with Crippen LogP contribution < -0.4 is 0 Å². The topological polar surface area (TPSA) is 64.6 Å². The minimum atomic E-state index is 0.0166. The van der Waals surface area contributed by atoms with Crippen LogP contribution in [-0.2, 0) is 9.47 Å². The maximum atomic E-state index is 13.3. The van der Waals surface area contributed by atoms with E-state index in [9.17, 15) is 4.79 Å². The van der Waals surface area contributed by atoms with Crippen LogP contribution in [0.2, 0.25) is 0 Å². The molecule has 2 atom stereocenters. The molecule has 0 bridgehead atoms. The molecule has 4 rings (SSSR count). The number of carbonyl (C=O) groups excluding carboxylic acids is 1. The van der Waals surface area contributed by atoms with E-state index < -0.39 is 0 Å². The summed E-state index contributed by atoms with van der Waals surface area (Å²) >= 11 is 0. The van der Waals surface area contributed by atoms with E-state index >= 15 is 0 Å². The molecule has 6 nitrogen and oxygen atoms in total. The molecule has 2 saturated heterocycles. The van der Waals surface area contributed by atoms with Crippen LogP contribution in [-0.4, -0.2) is 59.3 Å². The predicted octanol–water partition coefficient (Wildman–Crippen LogP) is 3.05. The van der Waals surface area contributed by atoms with Gasteiger partial charge in [0.1, 0.15) is 0 Å². The summed E-state index contributed by atoms with van der Waals surface area (Å²) in [5, 5.41) is 0. The lowest BCUT2D eigenvalue weighted by Crippen LogP contribution is -2.42. The molecule has 144 valence electrons. The zero-order valence-electron chi connectivity index (χ0n) is 16.1.